The molecule has 0 radical (unpaired) electrons. The van der Waals surface area contributed by atoms with Crippen LogP contribution in [0.2, 0.25) is 0 Å². The number of benzene rings is 2. The standard InChI is InChI=1S/C17H19IN2/c18-16-8-4-5-9-17(16)19-15-10-11-20(13-15)12-14-6-2-1-3-7-14/h1-9,15,19H,10-13H2. The van der Waals surface area contributed by atoms with Gasteiger partial charge in [-0.05, 0) is 46.7 Å². The Kier molecular flexibility index (Phi) is 4.58. The van der Waals surface area contributed by atoms with E-state index in [1.54, 1.807) is 0 Å². The van der Waals surface area contributed by atoms with Crippen molar-refractivity contribution in [2.45, 2.75) is 19.0 Å². The summed E-state index contributed by atoms with van der Waals surface area (Å²) in [6.07, 6.45) is 1.22. The molecule has 20 heavy (non-hydrogen) atoms. The van der Waals surface area contributed by atoms with Crippen LogP contribution in [0.3, 0.4) is 0 Å². The highest BCUT2D eigenvalue weighted by molar-refractivity contribution is 14.1. The number of nitrogens with zero attached hydrogens (tertiary/aromatic N) is 1. The van der Waals surface area contributed by atoms with Crippen molar-refractivity contribution < 1.29 is 0 Å². The van der Waals surface area contributed by atoms with E-state index in [1.807, 2.05) is 0 Å². The van der Waals surface area contributed by atoms with Crippen molar-refractivity contribution in [2.75, 3.05) is 18.4 Å². The van der Waals surface area contributed by atoms with Crippen LogP contribution in [0.15, 0.2) is 54.6 Å². The van der Waals surface area contributed by atoms with Crippen molar-refractivity contribution in [2.24, 2.45) is 0 Å². The molecule has 1 aliphatic heterocycles. The van der Waals surface area contributed by atoms with Crippen LogP contribution in [0.4, 0.5) is 5.69 Å². The Morgan fingerprint density at radius 2 is 1.80 bits per heavy atom. The monoisotopic (exact) mass is 378 g/mol. The van der Waals surface area contributed by atoms with Crippen LogP contribution in [-0.4, -0.2) is 24.0 Å². The molecule has 2 aromatic rings. The van der Waals surface area contributed by atoms with Crippen LogP contribution >= 0.6 is 22.6 Å². The summed E-state index contributed by atoms with van der Waals surface area (Å²) in [4.78, 5) is 2.53. The summed E-state index contributed by atoms with van der Waals surface area (Å²) in [6.45, 7) is 3.36. The number of halogens is 1. The first kappa shape index (κ1) is 13.9. The molecule has 0 bridgehead atoms. The summed E-state index contributed by atoms with van der Waals surface area (Å²) in [5.74, 6) is 0. The topological polar surface area (TPSA) is 15.3 Å². The number of rotatable bonds is 4. The molecule has 0 saturated carbocycles. The first-order valence-corrected chi connectivity index (χ1v) is 8.16. The zero-order chi connectivity index (χ0) is 13.8. The Hall–Kier alpha value is -1.07. The first-order chi connectivity index (χ1) is 9.81. The average Bonchev–Trinajstić information content (AvgIpc) is 2.90. The molecule has 1 saturated heterocycles. The minimum Gasteiger partial charge on any atom is -0.380 e. The van der Waals surface area contributed by atoms with Gasteiger partial charge in [-0.3, -0.25) is 4.90 Å². The highest BCUT2D eigenvalue weighted by Gasteiger charge is 2.22. The molecule has 1 N–H and O–H groups in total. The molecule has 1 atom stereocenters. The zero-order valence-corrected chi connectivity index (χ0v) is 13.6. The number of anilines is 1. The van der Waals surface area contributed by atoms with Crippen molar-refractivity contribution in [3.05, 3.63) is 63.7 Å². The van der Waals surface area contributed by atoms with E-state index in [0.29, 0.717) is 6.04 Å². The molecule has 0 spiro atoms. The second kappa shape index (κ2) is 6.59. The van der Waals surface area contributed by atoms with E-state index < -0.39 is 0 Å². The van der Waals surface area contributed by atoms with Crippen molar-refractivity contribution in [3.8, 4) is 0 Å². The highest BCUT2D eigenvalue weighted by Crippen LogP contribution is 2.21. The molecule has 104 valence electrons. The van der Waals surface area contributed by atoms with Crippen molar-refractivity contribution in [3.63, 3.8) is 0 Å². The Labute approximate surface area is 134 Å². The Bertz CT molecular complexity index is 556. The van der Waals surface area contributed by atoms with Crippen LogP contribution in [0.25, 0.3) is 0 Å². The predicted molar refractivity (Wildman–Crippen MR) is 92.9 cm³/mol. The minimum absolute atomic E-state index is 0.564. The number of hydrogen-bond acceptors (Lipinski definition) is 2. The molecule has 1 fully saturated rings. The Morgan fingerprint density at radius 1 is 1.05 bits per heavy atom. The van der Waals surface area contributed by atoms with Gasteiger partial charge in [-0.1, -0.05) is 42.5 Å². The van der Waals surface area contributed by atoms with Gasteiger partial charge in [0.1, 0.15) is 0 Å². The molecular weight excluding hydrogens is 359 g/mol. The SMILES string of the molecule is Ic1ccccc1NC1CCN(Cc2ccccc2)C1. The van der Waals surface area contributed by atoms with E-state index in [2.05, 4.69) is 87.4 Å². The van der Waals surface area contributed by atoms with Gasteiger partial charge in [-0.2, -0.15) is 0 Å². The second-order valence-electron chi connectivity index (χ2n) is 5.33. The molecule has 3 heteroatoms. The van der Waals surface area contributed by atoms with Gasteiger partial charge in [0.25, 0.3) is 0 Å². The molecule has 1 aliphatic rings. The summed E-state index contributed by atoms with van der Waals surface area (Å²) in [5, 5.41) is 3.68. The van der Waals surface area contributed by atoms with Crippen LogP contribution < -0.4 is 5.32 Å². The van der Waals surface area contributed by atoms with E-state index in [4.69, 9.17) is 0 Å². The number of likely N-dealkylation sites (tertiary alicyclic amines) is 1. The molecule has 2 nitrogen and oxygen atoms in total. The highest BCUT2D eigenvalue weighted by atomic mass is 127. The molecular formula is C17H19IN2. The van der Waals surface area contributed by atoms with Gasteiger partial charge in [0.05, 0.1) is 0 Å². The summed E-state index contributed by atoms with van der Waals surface area (Å²) < 4.78 is 1.30. The number of hydrogen-bond donors (Lipinski definition) is 1. The molecule has 0 aliphatic carbocycles. The second-order valence-corrected chi connectivity index (χ2v) is 6.49. The summed E-state index contributed by atoms with van der Waals surface area (Å²) >= 11 is 2.39. The third-order valence-electron chi connectivity index (χ3n) is 3.75. The lowest BCUT2D eigenvalue weighted by molar-refractivity contribution is 0.328. The maximum atomic E-state index is 3.68. The fourth-order valence-corrected chi connectivity index (χ4v) is 3.28. The lowest BCUT2D eigenvalue weighted by Crippen LogP contribution is -2.26. The van der Waals surface area contributed by atoms with Gasteiger partial charge in [-0.25, -0.2) is 0 Å². The van der Waals surface area contributed by atoms with Crippen molar-refractivity contribution in [1.82, 2.24) is 4.90 Å². The number of para-hydroxylation sites is 1. The van der Waals surface area contributed by atoms with Crippen LogP contribution in [-0.2, 0) is 6.54 Å². The maximum absolute atomic E-state index is 3.68. The molecule has 1 unspecified atom stereocenters. The molecule has 1 heterocycles. The summed E-state index contributed by atoms with van der Waals surface area (Å²) in [7, 11) is 0. The van der Waals surface area contributed by atoms with Gasteiger partial charge in [0.15, 0.2) is 0 Å². The van der Waals surface area contributed by atoms with Crippen molar-refractivity contribution in [1.29, 1.82) is 0 Å². The van der Waals surface area contributed by atoms with Gasteiger partial charge in [0.2, 0.25) is 0 Å². The predicted octanol–water partition coefficient (Wildman–Crippen LogP) is 3.98. The van der Waals surface area contributed by atoms with Gasteiger partial charge in [-0.15, -0.1) is 0 Å². The number of nitrogens with one attached hydrogen (secondary N) is 1. The first-order valence-electron chi connectivity index (χ1n) is 7.08. The fourth-order valence-electron chi connectivity index (χ4n) is 2.73. The Morgan fingerprint density at radius 3 is 2.60 bits per heavy atom. The summed E-state index contributed by atoms with van der Waals surface area (Å²) in [6, 6.07) is 19.8. The average molecular weight is 378 g/mol. The normalized spacial score (nSPS) is 19.1. The largest absolute Gasteiger partial charge is 0.380 e. The summed E-state index contributed by atoms with van der Waals surface area (Å²) in [5.41, 5.74) is 2.67. The van der Waals surface area contributed by atoms with E-state index in [9.17, 15) is 0 Å². The van der Waals surface area contributed by atoms with Crippen LogP contribution in [0, 0.1) is 3.57 Å². The van der Waals surface area contributed by atoms with Crippen LogP contribution in [0.1, 0.15) is 12.0 Å². The van der Waals surface area contributed by atoms with E-state index >= 15 is 0 Å². The van der Waals surface area contributed by atoms with E-state index in [0.717, 1.165) is 13.1 Å². The molecule has 3 rings (SSSR count). The third kappa shape index (κ3) is 3.52. The smallest absolute Gasteiger partial charge is 0.0478 e. The zero-order valence-electron chi connectivity index (χ0n) is 11.4. The lowest BCUT2D eigenvalue weighted by atomic mass is 10.2. The quantitative estimate of drug-likeness (QED) is 0.810. The molecule has 0 amide bonds. The fraction of sp³-hybridized carbons (Fsp3) is 0.294. The maximum Gasteiger partial charge on any atom is 0.0478 e. The van der Waals surface area contributed by atoms with E-state index in [1.165, 1.54) is 27.8 Å². The van der Waals surface area contributed by atoms with Gasteiger partial charge in [0, 0.05) is 34.9 Å². The minimum atomic E-state index is 0.564. The van der Waals surface area contributed by atoms with Crippen molar-refractivity contribution >= 4 is 28.3 Å². The molecule has 2 aromatic carbocycles. The Balaban J connectivity index is 1.56. The lowest BCUT2D eigenvalue weighted by Gasteiger charge is -2.18. The van der Waals surface area contributed by atoms with Gasteiger partial charge >= 0.3 is 0 Å². The third-order valence-corrected chi connectivity index (χ3v) is 4.70. The molecule has 0 aromatic heterocycles. The van der Waals surface area contributed by atoms with E-state index in [-0.39, 0.29) is 0 Å². The van der Waals surface area contributed by atoms with Crippen LogP contribution in [0.5, 0.6) is 0 Å². The van der Waals surface area contributed by atoms with Gasteiger partial charge < -0.3 is 5.32 Å².